The zero-order valence-electron chi connectivity index (χ0n) is 5.77. The van der Waals surface area contributed by atoms with E-state index in [0.717, 1.165) is 12.8 Å². The maximum atomic E-state index is 5.64. The lowest BCUT2D eigenvalue weighted by atomic mass is 10.4. The van der Waals surface area contributed by atoms with Crippen LogP contribution < -0.4 is 5.73 Å². The van der Waals surface area contributed by atoms with Crippen molar-refractivity contribution in [2.75, 3.05) is 13.2 Å². The number of hydrogen-bond acceptors (Lipinski definition) is 2. The number of alkyl halides is 1. The third-order valence-corrected chi connectivity index (χ3v) is 1.40. The molecule has 0 heterocycles. The van der Waals surface area contributed by atoms with E-state index in [4.69, 9.17) is 22.1 Å². The van der Waals surface area contributed by atoms with E-state index < -0.39 is 0 Å². The lowest BCUT2D eigenvalue weighted by Gasteiger charge is -2.06. The van der Waals surface area contributed by atoms with Crippen LogP contribution in [0.4, 0.5) is 0 Å². The Balaban J connectivity index is 2.88. The van der Waals surface area contributed by atoms with Crippen molar-refractivity contribution in [2.24, 2.45) is 5.73 Å². The van der Waals surface area contributed by atoms with Gasteiger partial charge in [-0.1, -0.05) is 18.5 Å². The molecule has 0 spiro atoms. The molecule has 0 bridgehead atoms. The molecule has 1 atom stereocenters. The molecular weight excluding hydrogens is 138 g/mol. The Bertz CT molecular complexity index is 61.0. The predicted octanol–water partition coefficient (Wildman–Crippen LogP) is 1.33. The lowest BCUT2D eigenvalue weighted by Crippen LogP contribution is -2.08. The van der Waals surface area contributed by atoms with Crippen LogP contribution in [0.3, 0.4) is 0 Å². The highest BCUT2D eigenvalue weighted by molar-refractivity contribution is 6.19. The maximum absolute atomic E-state index is 5.64. The quantitative estimate of drug-likeness (QED) is 0.475. The Morgan fingerprint density at radius 3 is 2.78 bits per heavy atom. The molecule has 0 amide bonds. The van der Waals surface area contributed by atoms with E-state index in [2.05, 4.69) is 0 Å². The summed E-state index contributed by atoms with van der Waals surface area (Å²) in [5, 5.41) is 0. The van der Waals surface area contributed by atoms with Gasteiger partial charge in [0, 0.05) is 6.61 Å². The summed E-state index contributed by atoms with van der Waals surface area (Å²) in [5.41, 5.74) is 5.10. The van der Waals surface area contributed by atoms with Gasteiger partial charge in [0.1, 0.15) is 5.56 Å². The Kier molecular flexibility index (Phi) is 6.48. The number of rotatable bonds is 5. The normalized spacial score (nSPS) is 13.7. The van der Waals surface area contributed by atoms with Gasteiger partial charge in [0.2, 0.25) is 0 Å². The first-order chi connectivity index (χ1) is 4.31. The summed E-state index contributed by atoms with van der Waals surface area (Å²) in [6.07, 6.45) is 1.75. The zero-order valence-corrected chi connectivity index (χ0v) is 6.53. The minimum absolute atomic E-state index is 0.128. The summed E-state index contributed by atoms with van der Waals surface area (Å²) in [6.45, 7) is 3.34. The van der Waals surface area contributed by atoms with Crippen LogP contribution in [0.5, 0.6) is 0 Å². The largest absolute Gasteiger partial charge is 0.362 e. The molecule has 0 aliphatic heterocycles. The third kappa shape index (κ3) is 6.09. The van der Waals surface area contributed by atoms with Gasteiger partial charge in [-0.3, -0.25) is 0 Å². The first-order valence-electron chi connectivity index (χ1n) is 3.27. The van der Waals surface area contributed by atoms with Gasteiger partial charge >= 0.3 is 0 Å². The summed E-state index contributed by atoms with van der Waals surface area (Å²) >= 11 is 5.64. The van der Waals surface area contributed by atoms with E-state index in [9.17, 15) is 0 Å². The molecule has 1 unspecified atom stereocenters. The molecule has 56 valence electrons. The molecule has 2 N–H and O–H groups in total. The van der Waals surface area contributed by atoms with Gasteiger partial charge < -0.3 is 10.5 Å². The van der Waals surface area contributed by atoms with Crippen molar-refractivity contribution in [3.63, 3.8) is 0 Å². The van der Waals surface area contributed by atoms with Crippen LogP contribution in [-0.2, 0) is 4.74 Å². The fraction of sp³-hybridized carbons (Fsp3) is 1.00. The van der Waals surface area contributed by atoms with E-state index in [0.29, 0.717) is 13.2 Å². The van der Waals surface area contributed by atoms with Crippen LogP contribution in [0.25, 0.3) is 0 Å². The molecular formula is C6H14ClNO. The molecule has 3 heteroatoms. The van der Waals surface area contributed by atoms with Gasteiger partial charge in [-0.2, -0.15) is 0 Å². The highest BCUT2D eigenvalue weighted by Gasteiger charge is 1.97. The van der Waals surface area contributed by atoms with Crippen LogP contribution in [-0.4, -0.2) is 18.7 Å². The first-order valence-corrected chi connectivity index (χ1v) is 3.70. The molecule has 0 saturated carbocycles. The van der Waals surface area contributed by atoms with Crippen LogP contribution in [0.2, 0.25) is 0 Å². The first kappa shape index (κ1) is 9.21. The average Bonchev–Trinajstić information content (AvgIpc) is 1.89. The molecule has 2 nitrogen and oxygen atoms in total. The zero-order chi connectivity index (χ0) is 7.11. The van der Waals surface area contributed by atoms with Crippen molar-refractivity contribution < 1.29 is 4.74 Å². The maximum Gasteiger partial charge on any atom is 0.130 e. The molecule has 0 aromatic heterocycles. The van der Waals surface area contributed by atoms with Crippen molar-refractivity contribution in [1.82, 2.24) is 0 Å². The van der Waals surface area contributed by atoms with E-state index in [-0.39, 0.29) is 5.56 Å². The van der Waals surface area contributed by atoms with Crippen molar-refractivity contribution in [3.05, 3.63) is 0 Å². The molecule has 0 rings (SSSR count). The lowest BCUT2D eigenvalue weighted by molar-refractivity contribution is 0.104. The highest BCUT2D eigenvalue weighted by atomic mass is 35.5. The highest BCUT2D eigenvalue weighted by Crippen LogP contribution is 2.02. The number of halogens is 1. The molecule has 0 aromatic rings. The second-order valence-corrected chi connectivity index (χ2v) is 2.32. The summed E-state index contributed by atoms with van der Waals surface area (Å²) in [4.78, 5) is 0. The SMILES string of the molecule is CCC(Cl)OCCCN. The minimum Gasteiger partial charge on any atom is -0.362 e. The monoisotopic (exact) mass is 151 g/mol. The Morgan fingerprint density at radius 2 is 2.33 bits per heavy atom. The van der Waals surface area contributed by atoms with Gasteiger partial charge in [0.05, 0.1) is 0 Å². The summed E-state index contributed by atoms with van der Waals surface area (Å²) in [7, 11) is 0. The van der Waals surface area contributed by atoms with Gasteiger partial charge in [0.25, 0.3) is 0 Å². The second kappa shape index (κ2) is 6.33. The second-order valence-electron chi connectivity index (χ2n) is 1.83. The molecule has 0 aliphatic carbocycles. The summed E-state index contributed by atoms with van der Waals surface area (Å²) < 4.78 is 5.12. The minimum atomic E-state index is -0.128. The topological polar surface area (TPSA) is 35.2 Å². The molecule has 0 fully saturated rings. The third-order valence-electron chi connectivity index (χ3n) is 0.968. The summed E-state index contributed by atoms with van der Waals surface area (Å²) in [6, 6.07) is 0. The standard InChI is InChI=1S/C6H14ClNO/c1-2-6(7)9-5-3-4-8/h6H,2-5,8H2,1H3. The van der Waals surface area contributed by atoms with Crippen molar-refractivity contribution in [2.45, 2.75) is 25.3 Å². The van der Waals surface area contributed by atoms with E-state index in [1.165, 1.54) is 0 Å². The molecule has 0 aliphatic rings. The van der Waals surface area contributed by atoms with Crippen molar-refractivity contribution >= 4 is 11.6 Å². The van der Waals surface area contributed by atoms with Gasteiger partial charge in [-0.05, 0) is 19.4 Å². The van der Waals surface area contributed by atoms with E-state index in [1.54, 1.807) is 0 Å². The van der Waals surface area contributed by atoms with E-state index in [1.807, 2.05) is 6.92 Å². The van der Waals surface area contributed by atoms with Gasteiger partial charge in [-0.15, -0.1) is 0 Å². The number of hydrogen-bond donors (Lipinski definition) is 1. The molecule has 9 heavy (non-hydrogen) atoms. The van der Waals surface area contributed by atoms with E-state index >= 15 is 0 Å². The number of nitrogens with two attached hydrogens (primary N) is 1. The van der Waals surface area contributed by atoms with Crippen molar-refractivity contribution in [3.8, 4) is 0 Å². The average molecular weight is 152 g/mol. The number of ether oxygens (including phenoxy) is 1. The smallest absolute Gasteiger partial charge is 0.130 e. The Labute approximate surface area is 61.3 Å². The predicted molar refractivity (Wildman–Crippen MR) is 39.6 cm³/mol. The molecule has 0 saturated heterocycles. The fourth-order valence-electron chi connectivity index (χ4n) is 0.412. The van der Waals surface area contributed by atoms with Gasteiger partial charge in [-0.25, -0.2) is 0 Å². The fourth-order valence-corrected chi connectivity index (χ4v) is 0.501. The Hall–Kier alpha value is 0.210. The summed E-state index contributed by atoms with van der Waals surface area (Å²) in [5.74, 6) is 0. The van der Waals surface area contributed by atoms with Gasteiger partial charge in [0.15, 0.2) is 0 Å². The Morgan fingerprint density at radius 1 is 1.67 bits per heavy atom. The van der Waals surface area contributed by atoms with Crippen LogP contribution in [0.1, 0.15) is 19.8 Å². The van der Waals surface area contributed by atoms with Crippen LogP contribution >= 0.6 is 11.6 Å². The molecule has 0 radical (unpaired) electrons. The molecule has 0 aromatic carbocycles. The van der Waals surface area contributed by atoms with Crippen LogP contribution in [0, 0.1) is 0 Å². The van der Waals surface area contributed by atoms with Crippen molar-refractivity contribution in [1.29, 1.82) is 0 Å². The van der Waals surface area contributed by atoms with Crippen LogP contribution in [0.15, 0.2) is 0 Å².